The van der Waals surface area contributed by atoms with E-state index in [0.717, 1.165) is 11.1 Å². The molecule has 1 aromatic heterocycles. The van der Waals surface area contributed by atoms with Crippen LogP contribution >= 0.6 is 11.6 Å². The predicted molar refractivity (Wildman–Crippen MR) is 108 cm³/mol. The van der Waals surface area contributed by atoms with Gasteiger partial charge in [-0.25, -0.2) is 4.39 Å². The van der Waals surface area contributed by atoms with Gasteiger partial charge in [-0.15, -0.1) is 0 Å². The zero-order valence-electron chi connectivity index (χ0n) is 15.7. The van der Waals surface area contributed by atoms with Gasteiger partial charge in [-0.2, -0.15) is 0 Å². The molecule has 0 unspecified atom stereocenters. The maximum atomic E-state index is 13.6. The van der Waals surface area contributed by atoms with E-state index in [1.54, 1.807) is 23.1 Å². The number of aromatic nitrogens is 1. The zero-order chi connectivity index (χ0) is 20.7. The smallest absolute Gasteiger partial charge is 0.276 e. The molecule has 3 heterocycles. The maximum absolute atomic E-state index is 13.6. The Morgan fingerprint density at radius 2 is 1.97 bits per heavy atom. The summed E-state index contributed by atoms with van der Waals surface area (Å²) >= 11 is 6.19. The summed E-state index contributed by atoms with van der Waals surface area (Å²) in [6.45, 7) is 1.04. The van der Waals surface area contributed by atoms with E-state index < -0.39 is 0 Å². The summed E-state index contributed by atoms with van der Waals surface area (Å²) in [6.07, 6.45) is 2.46. The minimum atomic E-state index is -0.340. The van der Waals surface area contributed by atoms with Crippen molar-refractivity contribution < 1.29 is 23.2 Å². The fourth-order valence-corrected chi connectivity index (χ4v) is 3.80. The molecule has 0 fully saturated rings. The summed E-state index contributed by atoms with van der Waals surface area (Å²) in [5.41, 5.74) is 2.55. The van der Waals surface area contributed by atoms with Crippen molar-refractivity contribution in [2.45, 2.75) is 6.42 Å². The van der Waals surface area contributed by atoms with Crippen LogP contribution in [0.5, 0.6) is 11.5 Å². The van der Waals surface area contributed by atoms with Crippen molar-refractivity contribution in [2.24, 2.45) is 0 Å². The molecule has 0 bridgehead atoms. The first-order valence-corrected chi connectivity index (χ1v) is 9.77. The van der Waals surface area contributed by atoms with Crippen LogP contribution in [0.3, 0.4) is 0 Å². The number of carbonyl (C=O) groups is 1. The minimum Gasteiger partial charge on any atom is -0.454 e. The molecule has 2 aromatic carbocycles. The molecule has 30 heavy (non-hydrogen) atoms. The largest absolute Gasteiger partial charge is 0.454 e. The summed E-state index contributed by atoms with van der Waals surface area (Å²) in [5.74, 6) is 1.20. The standard InChI is InChI=1S/C22H16ClFN2O4/c23-17-3-2-15(24)10-16(17)13-5-7-26(8-6-13)22(27)18-11-20(30-25-18)14-1-4-19-21(9-14)29-12-28-19/h1-5,9-11H,6-8,12H2. The number of amides is 1. The van der Waals surface area contributed by atoms with Crippen LogP contribution in [0.25, 0.3) is 16.9 Å². The first kappa shape index (κ1) is 18.7. The molecular formula is C22H16ClFN2O4. The number of hydrogen-bond donors (Lipinski definition) is 0. The predicted octanol–water partition coefficient (Wildman–Crippen LogP) is 4.79. The van der Waals surface area contributed by atoms with Gasteiger partial charge >= 0.3 is 0 Å². The molecule has 0 saturated carbocycles. The number of benzene rings is 2. The van der Waals surface area contributed by atoms with E-state index in [4.69, 9.17) is 25.6 Å². The Hall–Kier alpha value is -3.32. The van der Waals surface area contributed by atoms with E-state index in [1.165, 1.54) is 18.2 Å². The molecule has 6 nitrogen and oxygen atoms in total. The van der Waals surface area contributed by atoms with Gasteiger partial charge in [0, 0.05) is 29.7 Å². The molecule has 0 atom stereocenters. The molecule has 5 rings (SSSR count). The summed E-state index contributed by atoms with van der Waals surface area (Å²) in [5, 5.41) is 4.43. The average molecular weight is 427 g/mol. The van der Waals surface area contributed by atoms with Crippen LogP contribution in [0.1, 0.15) is 22.5 Å². The van der Waals surface area contributed by atoms with Crippen molar-refractivity contribution in [3.05, 3.63) is 70.6 Å². The lowest BCUT2D eigenvalue weighted by molar-refractivity contribution is 0.0762. The minimum absolute atomic E-state index is 0.185. The lowest BCUT2D eigenvalue weighted by Crippen LogP contribution is -2.34. The monoisotopic (exact) mass is 426 g/mol. The van der Waals surface area contributed by atoms with E-state index in [-0.39, 0.29) is 24.2 Å². The van der Waals surface area contributed by atoms with Crippen LogP contribution < -0.4 is 9.47 Å². The van der Waals surface area contributed by atoms with Gasteiger partial charge < -0.3 is 18.9 Å². The molecule has 0 radical (unpaired) electrons. The van der Waals surface area contributed by atoms with E-state index in [9.17, 15) is 9.18 Å². The number of carbonyl (C=O) groups excluding carboxylic acids is 1. The molecule has 3 aromatic rings. The van der Waals surface area contributed by atoms with Gasteiger partial charge in [0.25, 0.3) is 5.91 Å². The van der Waals surface area contributed by atoms with Gasteiger partial charge in [0.15, 0.2) is 23.0 Å². The highest BCUT2D eigenvalue weighted by Gasteiger charge is 2.24. The van der Waals surface area contributed by atoms with Crippen LogP contribution in [0, 0.1) is 5.82 Å². The first-order chi connectivity index (χ1) is 14.6. The highest BCUT2D eigenvalue weighted by Crippen LogP contribution is 2.36. The zero-order valence-corrected chi connectivity index (χ0v) is 16.5. The molecule has 0 N–H and O–H groups in total. The fourth-order valence-electron chi connectivity index (χ4n) is 3.57. The highest BCUT2D eigenvalue weighted by atomic mass is 35.5. The van der Waals surface area contributed by atoms with Crippen LogP contribution in [-0.2, 0) is 0 Å². The molecular weight excluding hydrogens is 411 g/mol. The second-order valence-corrected chi connectivity index (χ2v) is 7.41. The van der Waals surface area contributed by atoms with E-state index in [0.29, 0.717) is 47.4 Å². The number of ether oxygens (including phenoxy) is 2. The third-order valence-electron chi connectivity index (χ3n) is 5.16. The average Bonchev–Trinajstić information content (AvgIpc) is 3.44. The lowest BCUT2D eigenvalue weighted by atomic mass is 9.99. The van der Waals surface area contributed by atoms with Gasteiger partial charge in [0.2, 0.25) is 6.79 Å². The third-order valence-corrected chi connectivity index (χ3v) is 5.49. The summed E-state index contributed by atoms with van der Waals surface area (Å²) in [7, 11) is 0. The Labute approximate surface area is 176 Å². The molecule has 0 spiro atoms. The molecule has 0 saturated heterocycles. The molecule has 152 valence electrons. The molecule has 2 aliphatic heterocycles. The van der Waals surface area contributed by atoms with Crippen LogP contribution in [0.2, 0.25) is 5.02 Å². The van der Waals surface area contributed by atoms with Crippen molar-refractivity contribution >= 4 is 23.1 Å². The van der Waals surface area contributed by atoms with Crippen LogP contribution in [0.15, 0.2) is 53.1 Å². The van der Waals surface area contributed by atoms with E-state index in [2.05, 4.69) is 5.16 Å². The van der Waals surface area contributed by atoms with E-state index >= 15 is 0 Å². The summed E-state index contributed by atoms with van der Waals surface area (Å²) in [4.78, 5) is 14.5. The normalized spacial score (nSPS) is 15.3. The lowest BCUT2D eigenvalue weighted by Gasteiger charge is -2.26. The Bertz CT molecular complexity index is 1170. The van der Waals surface area contributed by atoms with Gasteiger partial charge in [0.05, 0.1) is 0 Å². The SMILES string of the molecule is O=C(c1cc(-c2ccc3c(c2)OCO3)on1)N1CC=C(c2cc(F)ccc2Cl)CC1. The quantitative estimate of drug-likeness (QED) is 0.602. The Morgan fingerprint density at radius 1 is 1.10 bits per heavy atom. The van der Waals surface area contributed by atoms with Crippen molar-refractivity contribution in [3.8, 4) is 22.8 Å². The Balaban J connectivity index is 1.32. The van der Waals surface area contributed by atoms with Gasteiger partial charge in [-0.3, -0.25) is 4.79 Å². The van der Waals surface area contributed by atoms with Crippen molar-refractivity contribution in [3.63, 3.8) is 0 Å². The number of halogens is 2. The topological polar surface area (TPSA) is 64.8 Å². The number of rotatable bonds is 3. The Morgan fingerprint density at radius 3 is 2.80 bits per heavy atom. The first-order valence-electron chi connectivity index (χ1n) is 9.39. The molecule has 2 aliphatic rings. The molecule has 1 amide bonds. The van der Waals surface area contributed by atoms with Gasteiger partial charge in [0.1, 0.15) is 5.82 Å². The maximum Gasteiger partial charge on any atom is 0.276 e. The molecule has 0 aliphatic carbocycles. The van der Waals surface area contributed by atoms with Crippen molar-refractivity contribution in [1.29, 1.82) is 0 Å². The second-order valence-electron chi connectivity index (χ2n) is 7.00. The molecule has 8 heteroatoms. The number of nitrogens with zero attached hydrogens (tertiary/aromatic N) is 2. The summed E-state index contributed by atoms with van der Waals surface area (Å²) in [6, 6.07) is 11.3. The van der Waals surface area contributed by atoms with Crippen molar-refractivity contribution in [2.75, 3.05) is 19.9 Å². The van der Waals surface area contributed by atoms with Crippen LogP contribution in [0.4, 0.5) is 4.39 Å². The highest BCUT2D eigenvalue weighted by molar-refractivity contribution is 6.32. The Kier molecular flexibility index (Phi) is 4.67. The van der Waals surface area contributed by atoms with Crippen LogP contribution in [-0.4, -0.2) is 35.8 Å². The fraction of sp³-hybridized carbons (Fsp3) is 0.182. The second kappa shape index (κ2) is 7.50. The van der Waals surface area contributed by atoms with Gasteiger partial charge in [-0.05, 0) is 54.0 Å². The van der Waals surface area contributed by atoms with Gasteiger partial charge in [-0.1, -0.05) is 22.8 Å². The third kappa shape index (κ3) is 3.41. The van der Waals surface area contributed by atoms with E-state index in [1.807, 2.05) is 12.1 Å². The summed E-state index contributed by atoms with van der Waals surface area (Å²) < 4.78 is 29.6. The number of hydrogen-bond acceptors (Lipinski definition) is 5. The van der Waals surface area contributed by atoms with Crippen molar-refractivity contribution in [1.82, 2.24) is 10.1 Å². The number of fused-ring (bicyclic) bond motifs is 1.